The van der Waals surface area contributed by atoms with E-state index in [2.05, 4.69) is 22.5 Å². The van der Waals surface area contributed by atoms with Crippen molar-refractivity contribution in [3.8, 4) is 12.3 Å². The number of carbonyl (C=O) groups is 1. The van der Waals surface area contributed by atoms with E-state index in [9.17, 15) is 4.79 Å². The molecule has 1 aromatic rings. The first-order valence-corrected chi connectivity index (χ1v) is 4.53. The molecular weight excluding hydrogens is 206 g/mol. The molecule has 1 N–H and O–H groups in total. The number of aromatic nitrogens is 2. The van der Waals surface area contributed by atoms with Gasteiger partial charge in [-0.05, 0) is 0 Å². The van der Waals surface area contributed by atoms with Crippen LogP contribution in [0.15, 0.2) is 25.2 Å². The SMILES string of the molecule is C#CCN(CC=C)c1ncncc1C(=O)O. The summed E-state index contributed by atoms with van der Waals surface area (Å²) in [7, 11) is 0. The highest BCUT2D eigenvalue weighted by Gasteiger charge is 2.16. The lowest BCUT2D eigenvalue weighted by Gasteiger charge is -2.20. The smallest absolute Gasteiger partial charge is 0.341 e. The standard InChI is InChI=1S/C11H11N3O2/c1-3-5-14(6-4-2)10-9(11(15)16)7-12-8-13-10/h1,4,7-8H,2,5-6H2,(H,15,16). The van der Waals surface area contributed by atoms with Crippen molar-refractivity contribution in [3.63, 3.8) is 0 Å². The van der Waals surface area contributed by atoms with Crippen LogP contribution in [0, 0.1) is 12.3 Å². The van der Waals surface area contributed by atoms with Gasteiger partial charge in [-0.1, -0.05) is 12.0 Å². The Hall–Kier alpha value is -2.35. The average molecular weight is 217 g/mol. The van der Waals surface area contributed by atoms with Crippen molar-refractivity contribution in [1.82, 2.24) is 9.97 Å². The van der Waals surface area contributed by atoms with Crippen molar-refractivity contribution in [1.29, 1.82) is 0 Å². The van der Waals surface area contributed by atoms with E-state index in [1.807, 2.05) is 0 Å². The number of hydrogen-bond acceptors (Lipinski definition) is 4. The predicted octanol–water partition coefficient (Wildman–Crippen LogP) is 0.800. The van der Waals surface area contributed by atoms with Gasteiger partial charge in [0, 0.05) is 12.7 Å². The van der Waals surface area contributed by atoms with Crippen LogP contribution in [0.25, 0.3) is 0 Å². The highest BCUT2D eigenvalue weighted by Crippen LogP contribution is 2.15. The fourth-order valence-corrected chi connectivity index (χ4v) is 1.22. The topological polar surface area (TPSA) is 66.3 Å². The van der Waals surface area contributed by atoms with Gasteiger partial charge < -0.3 is 10.0 Å². The third-order valence-corrected chi connectivity index (χ3v) is 1.85. The molecule has 0 atom stereocenters. The van der Waals surface area contributed by atoms with Crippen molar-refractivity contribution >= 4 is 11.8 Å². The van der Waals surface area contributed by atoms with Gasteiger partial charge in [0.15, 0.2) is 0 Å². The lowest BCUT2D eigenvalue weighted by Crippen LogP contribution is -2.26. The molecule has 5 nitrogen and oxygen atoms in total. The molecule has 16 heavy (non-hydrogen) atoms. The number of aromatic carboxylic acids is 1. The first-order valence-electron chi connectivity index (χ1n) is 4.53. The molecule has 0 radical (unpaired) electrons. The molecule has 0 fully saturated rings. The first kappa shape index (κ1) is 11.7. The molecule has 1 aromatic heterocycles. The van der Waals surface area contributed by atoms with Gasteiger partial charge in [0.1, 0.15) is 17.7 Å². The summed E-state index contributed by atoms with van der Waals surface area (Å²) in [5.41, 5.74) is 0.0274. The number of carboxylic acid groups (broad SMARTS) is 1. The molecule has 0 aromatic carbocycles. The van der Waals surface area contributed by atoms with Gasteiger partial charge in [-0.2, -0.15) is 0 Å². The zero-order chi connectivity index (χ0) is 12.0. The fraction of sp³-hybridized carbons (Fsp3) is 0.182. The normalized spacial score (nSPS) is 9.19. The van der Waals surface area contributed by atoms with Gasteiger partial charge >= 0.3 is 5.97 Å². The van der Waals surface area contributed by atoms with Crippen LogP contribution in [-0.4, -0.2) is 34.1 Å². The molecule has 1 rings (SSSR count). The molecule has 1 heterocycles. The number of carboxylic acids is 1. The van der Waals surface area contributed by atoms with Crippen LogP contribution in [-0.2, 0) is 0 Å². The summed E-state index contributed by atoms with van der Waals surface area (Å²) < 4.78 is 0. The molecule has 5 heteroatoms. The largest absolute Gasteiger partial charge is 0.477 e. The summed E-state index contributed by atoms with van der Waals surface area (Å²) in [6, 6.07) is 0. The molecule has 82 valence electrons. The molecule has 0 unspecified atom stereocenters. The molecule has 0 saturated heterocycles. The molecule has 0 aliphatic carbocycles. The van der Waals surface area contributed by atoms with E-state index in [1.165, 1.54) is 12.5 Å². The number of nitrogens with zero attached hydrogens (tertiary/aromatic N) is 3. The van der Waals surface area contributed by atoms with Crippen molar-refractivity contribution < 1.29 is 9.90 Å². The van der Waals surface area contributed by atoms with E-state index in [-0.39, 0.29) is 12.1 Å². The minimum Gasteiger partial charge on any atom is -0.477 e. The Bertz CT molecular complexity index is 437. The number of terminal acetylenes is 1. The zero-order valence-electron chi connectivity index (χ0n) is 8.63. The lowest BCUT2D eigenvalue weighted by molar-refractivity contribution is 0.0696. The van der Waals surface area contributed by atoms with E-state index in [1.54, 1.807) is 11.0 Å². The number of hydrogen-bond donors (Lipinski definition) is 1. The monoisotopic (exact) mass is 217 g/mol. The second-order valence-electron chi connectivity index (χ2n) is 2.94. The fourth-order valence-electron chi connectivity index (χ4n) is 1.22. The minimum atomic E-state index is -1.08. The minimum absolute atomic E-state index is 0.0274. The Morgan fingerprint density at radius 3 is 3.06 bits per heavy atom. The van der Waals surface area contributed by atoms with E-state index >= 15 is 0 Å². The Morgan fingerprint density at radius 1 is 1.75 bits per heavy atom. The molecule has 0 aliphatic rings. The maximum atomic E-state index is 11.0. The van der Waals surface area contributed by atoms with Crippen molar-refractivity contribution in [3.05, 3.63) is 30.7 Å². The highest BCUT2D eigenvalue weighted by atomic mass is 16.4. The molecule has 0 aliphatic heterocycles. The maximum Gasteiger partial charge on any atom is 0.341 e. The highest BCUT2D eigenvalue weighted by molar-refractivity contribution is 5.92. The second-order valence-corrected chi connectivity index (χ2v) is 2.94. The van der Waals surface area contributed by atoms with E-state index in [0.29, 0.717) is 12.4 Å². The third kappa shape index (κ3) is 2.58. The maximum absolute atomic E-state index is 11.0. The van der Waals surface area contributed by atoms with Gasteiger partial charge in [0.25, 0.3) is 0 Å². The van der Waals surface area contributed by atoms with Crippen LogP contribution in [0.5, 0.6) is 0 Å². The van der Waals surface area contributed by atoms with Gasteiger partial charge in [-0.15, -0.1) is 13.0 Å². The Kier molecular flexibility index (Phi) is 4.04. The van der Waals surface area contributed by atoms with E-state index < -0.39 is 5.97 Å². The van der Waals surface area contributed by atoms with Crippen LogP contribution in [0.4, 0.5) is 5.82 Å². The number of rotatable bonds is 5. The molecule has 0 amide bonds. The summed E-state index contributed by atoms with van der Waals surface area (Å²) in [6.45, 7) is 4.28. The van der Waals surface area contributed by atoms with Crippen molar-refractivity contribution in [2.45, 2.75) is 0 Å². The second kappa shape index (κ2) is 5.51. The first-order chi connectivity index (χ1) is 7.70. The van der Waals surface area contributed by atoms with Gasteiger partial charge in [0.2, 0.25) is 0 Å². The van der Waals surface area contributed by atoms with Crippen LogP contribution in [0.3, 0.4) is 0 Å². The lowest BCUT2D eigenvalue weighted by atomic mass is 10.3. The van der Waals surface area contributed by atoms with Gasteiger partial charge in [0.05, 0.1) is 6.54 Å². The third-order valence-electron chi connectivity index (χ3n) is 1.85. The molecular formula is C11H11N3O2. The average Bonchev–Trinajstić information content (AvgIpc) is 2.29. The van der Waals surface area contributed by atoms with Crippen LogP contribution in [0.1, 0.15) is 10.4 Å². The quantitative estimate of drug-likeness (QED) is 0.583. The summed E-state index contributed by atoms with van der Waals surface area (Å²) >= 11 is 0. The zero-order valence-corrected chi connectivity index (χ0v) is 8.63. The summed E-state index contributed by atoms with van der Waals surface area (Å²) in [4.78, 5) is 20.2. The van der Waals surface area contributed by atoms with Crippen LogP contribution < -0.4 is 4.90 Å². The van der Waals surface area contributed by atoms with Crippen LogP contribution >= 0.6 is 0 Å². The Morgan fingerprint density at radius 2 is 2.50 bits per heavy atom. The van der Waals surface area contributed by atoms with E-state index in [0.717, 1.165) is 0 Å². The summed E-state index contributed by atoms with van der Waals surface area (Å²) in [5, 5.41) is 8.97. The van der Waals surface area contributed by atoms with Gasteiger partial charge in [-0.3, -0.25) is 0 Å². The molecule has 0 spiro atoms. The summed E-state index contributed by atoms with van der Waals surface area (Å²) in [6.07, 6.45) is 9.37. The predicted molar refractivity (Wildman–Crippen MR) is 60.2 cm³/mol. The summed E-state index contributed by atoms with van der Waals surface area (Å²) in [5.74, 6) is 1.67. The Balaban J connectivity index is 3.12. The van der Waals surface area contributed by atoms with Crippen molar-refractivity contribution in [2.75, 3.05) is 18.0 Å². The molecule has 0 saturated carbocycles. The number of anilines is 1. The molecule has 0 bridgehead atoms. The van der Waals surface area contributed by atoms with E-state index in [4.69, 9.17) is 11.5 Å². The van der Waals surface area contributed by atoms with Gasteiger partial charge in [-0.25, -0.2) is 14.8 Å². The van der Waals surface area contributed by atoms with Crippen molar-refractivity contribution in [2.24, 2.45) is 0 Å². The van der Waals surface area contributed by atoms with Crippen LogP contribution in [0.2, 0.25) is 0 Å². The Labute approximate surface area is 93.5 Å².